The number of hydroxylamine groups is 1. The molecule has 0 heterocycles. The van der Waals surface area contributed by atoms with Gasteiger partial charge in [-0.2, -0.15) is 5.48 Å². The minimum absolute atomic E-state index is 0.153. The van der Waals surface area contributed by atoms with Crippen molar-refractivity contribution in [2.75, 3.05) is 13.2 Å². The summed E-state index contributed by atoms with van der Waals surface area (Å²) in [5.41, 5.74) is 2.45. The molecule has 0 aromatic rings. The Bertz CT molecular complexity index is 164. The zero-order chi connectivity index (χ0) is 11.5. The summed E-state index contributed by atoms with van der Waals surface area (Å²) in [6, 6.07) is 0. The number of aliphatic hydroxyl groups is 1. The quantitative estimate of drug-likeness (QED) is 0.343. The molecule has 0 aromatic heterocycles. The average molecular weight is 219 g/mol. The van der Waals surface area contributed by atoms with Gasteiger partial charge in [0.2, 0.25) is 0 Å². The Hall–Kier alpha value is -0.650. The lowest BCUT2D eigenvalue weighted by Crippen LogP contribution is -2.21. The Kier molecular flexibility index (Phi) is 9.46. The van der Waals surface area contributed by atoms with Gasteiger partial charge in [-0.15, -0.1) is 0 Å². The maximum absolute atomic E-state index is 11.0. The van der Waals surface area contributed by atoms with Gasteiger partial charge >= 0.3 is 5.97 Å². The summed E-state index contributed by atoms with van der Waals surface area (Å²) < 4.78 is 5.06. The van der Waals surface area contributed by atoms with Crippen LogP contribution in [-0.2, 0) is 14.4 Å². The first-order chi connectivity index (χ1) is 7.20. The molecule has 15 heavy (non-hydrogen) atoms. The molecule has 0 radical (unpaired) electrons. The number of aliphatic hydroxyl groups excluding tert-OH is 1. The van der Waals surface area contributed by atoms with Crippen LogP contribution in [0.2, 0.25) is 0 Å². The minimum Gasteiger partial charge on any atom is -0.371 e. The molecule has 0 saturated carbocycles. The van der Waals surface area contributed by atoms with Crippen LogP contribution in [0.5, 0.6) is 0 Å². The fraction of sp³-hybridized carbons (Fsp3) is 0.900. The fourth-order valence-corrected chi connectivity index (χ4v) is 0.892. The third-order valence-corrected chi connectivity index (χ3v) is 1.73. The van der Waals surface area contributed by atoms with Gasteiger partial charge < -0.3 is 14.7 Å². The molecule has 0 aliphatic carbocycles. The summed E-state index contributed by atoms with van der Waals surface area (Å²) in [4.78, 5) is 15.6. The first kappa shape index (κ1) is 14.3. The maximum Gasteiger partial charge on any atom is 0.324 e. The molecule has 1 atom stereocenters. The van der Waals surface area contributed by atoms with Gasteiger partial charge in [0.1, 0.15) is 0 Å². The molecule has 0 spiro atoms. The van der Waals surface area contributed by atoms with Crippen molar-refractivity contribution < 1.29 is 19.5 Å². The standard InChI is InChI=1S/C10H21NO4/c1-3-5-8-14-9(12)6-7-10(13)15-11-4-2/h9,11-12H,3-8H2,1-2H3. The highest BCUT2D eigenvalue weighted by atomic mass is 16.7. The minimum atomic E-state index is -0.870. The van der Waals surface area contributed by atoms with E-state index in [4.69, 9.17) is 4.74 Å². The molecule has 0 aliphatic heterocycles. The largest absolute Gasteiger partial charge is 0.371 e. The van der Waals surface area contributed by atoms with Crippen LogP contribution in [0, 0.1) is 0 Å². The highest BCUT2D eigenvalue weighted by Gasteiger charge is 2.08. The molecule has 0 bridgehead atoms. The molecular formula is C10H21NO4. The van der Waals surface area contributed by atoms with Crippen molar-refractivity contribution in [1.29, 1.82) is 0 Å². The van der Waals surface area contributed by atoms with Crippen molar-refractivity contribution >= 4 is 5.97 Å². The van der Waals surface area contributed by atoms with Crippen molar-refractivity contribution in [3.63, 3.8) is 0 Å². The third-order valence-electron chi connectivity index (χ3n) is 1.73. The second-order valence-electron chi connectivity index (χ2n) is 3.19. The van der Waals surface area contributed by atoms with Crippen LogP contribution in [0.25, 0.3) is 0 Å². The molecular weight excluding hydrogens is 198 g/mol. The maximum atomic E-state index is 11.0. The smallest absolute Gasteiger partial charge is 0.324 e. The normalized spacial score (nSPS) is 12.5. The predicted molar refractivity (Wildman–Crippen MR) is 55.9 cm³/mol. The highest BCUT2D eigenvalue weighted by Crippen LogP contribution is 2.01. The summed E-state index contributed by atoms with van der Waals surface area (Å²) in [5, 5.41) is 9.30. The van der Waals surface area contributed by atoms with E-state index in [0.29, 0.717) is 13.2 Å². The van der Waals surface area contributed by atoms with E-state index in [1.807, 2.05) is 13.8 Å². The Balaban J connectivity index is 3.36. The topological polar surface area (TPSA) is 67.8 Å². The number of carbonyl (C=O) groups excluding carboxylic acids is 1. The number of hydrogen-bond donors (Lipinski definition) is 2. The average Bonchev–Trinajstić information content (AvgIpc) is 2.24. The van der Waals surface area contributed by atoms with Crippen LogP contribution in [0.3, 0.4) is 0 Å². The Labute approximate surface area is 90.7 Å². The lowest BCUT2D eigenvalue weighted by Gasteiger charge is -2.10. The monoisotopic (exact) mass is 219 g/mol. The van der Waals surface area contributed by atoms with Crippen molar-refractivity contribution in [2.24, 2.45) is 0 Å². The molecule has 0 saturated heterocycles. The molecule has 0 amide bonds. The van der Waals surface area contributed by atoms with E-state index in [-0.39, 0.29) is 18.8 Å². The van der Waals surface area contributed by atoms with E-state index in [9.17, 15) is 9.90 Å². The lowest BCUT2D eigenvalue weighted by molar-refractivity contribution is -0.155. The van der Waals surface area contributed by atoms with Crippen LogP contribution >= 0.6 is 0 Å². The van der Waals surface area contributed by atoms with E-state index >= 15 is 0 Å². The number of unbranched alkanes of at least 4 members (excludes halogenated alkanes) is 1. The number of carbonyl (C=O) groups is 1. The summed E-state index contributed by atoms with van der Waals surface area (Å²) in [5.74, 6) is -0.380. The molecule has 0 fully saturated rings. The predicted octanol–water partition coefficient (Wildman–Crippen LogP) is 0.969. The van der Waals surface area contributed by atoms with Gasteiger partial charge in [-0.1, -0.05) is 13.3 Å². The Morgan fingerprint density at radius 2 is 2.20 bits per heavy atom. The number of ether oxygens (including phenoxy) is 1. The van der Waals surface area contributed by atoms with E-state index < -0.39 is 6.29 Å². The van der Waals surface area contributed by atoms with Crippen LogP contribution in [0.4, 0.5) is 0 Å². The van der Waals surface area contributed by atoms with Crippen molar-refractivity contribution in [3.8, 4) is 0 Å². The molecule has 5 nitrogen and oxygen atoms in total. The fourth-order valence-electron chi connectivity index (χ4n) is 0.892. The van der Waals surface area contributed by atoms with E-state index in [1.54, 1.807) is 0 Å². The van der Waals surface area contributed by atoms with Crippen molar-refractivity contribution in [3.05, 3.63) is 0 Å². The summed E-state index contributed by atoms with van der Waals surface area (Å²) >= 11 is 0. The number of nitrogens with one attached hydrogen (secondary N) is 1. The van der Waals surface area contributed by atoms with Gasteiger partial charge in [0.15, 0.2) is 6.29 Å². The van der Waals surface area contributed by atoms with E-state index in [2.05, 4.69) is 10.3 Å². The number of rotatable bonds is 9. The summed E-state index contributed by atoms with van der Waals surface area (Å²) in [7, 11) is 0. The first-order valence-corrected chi connectivity index (χ1v) is 5.42. The van der Waals surface area contributed by atoms with Gasteiger partial charge in [-0.05, 0) is 13.3 Å². The SMILES string of the molecule is CCCCOC(O)CCC(=O)ONCC. The highest BCUT2D eigenvalue weighted by molar-refractivity contribution is 5.68. The van der Waals surface area contributed by atoms with E-state index in [1.165, 1.54) is 0 Å². The molecule has 90 valence electrons. The molecule has 5 heteroatoms. The first-order valence-electron chi connectivity index (χ1n) is 5.42. The summed E-state index contributed by atoms with van der Waals surface area (Å²) in [6.45, 7) is 4.97. The van der Waals surface area contributed by atoms with Crippen LogP contribution < -0.4 is 5.48 Å². The van der Waals surface area contributed by atoms with Crippen molar-refractivity contribution in [2.45, 2.75) is 45.8 Å². The number of hydrogen-bond acceptors (Lipinski definition) is 5. The van der Waals surface area contributed by atoms with Crippen LogP contribution in [-0.4, -0.2) is 30.5 Å². The van der Waals surface area contributed by atoms with E-state index in [0.717, 1.165) is 12.8 Å². The molecule has 1 unspecified atom stereocenters. The molecule has 0 rings (SSSR count). The molecule has 0 aliphatic rings. The zero-order valence-corrected chi connectivity index (χ0v) is 9.49. The third kappa shape index (κ3) is 9.65. The van der Waals surface area contributed by atoms with Gasteiger partial charge in [0, 0.05) is 19.6 Å². The molecule has 0 aromatic carbocycles. The van der Waals surface area contributed by atoms with Crippen molar-refractivity contribution in [1.82, 2.24) is 5.48 Å². The Morgan fingerprint density at radius 3 is 2.80 bits per heavy atom. The zero-order valence-electron chi connectivity index (χ0n) is 9.49. The van der Waals surface area contributed by atoms with Gasteiger partial charge in [0.25, 0.3) is 0 Å². The van der Waals surface area contributed by atoms with Gasteiger partial charge in [-0.25, -0.2) is 0 Å². The second-order valence-corrected chi connectivity index (χ2v) is 3.19. The molecule has 2 N–H and O–H groups in total. The van der Waals surface area contributed by atoms with Crippen LogP contribution in [0.1, 0.15) is 39.5 Å². The Morgan fingerprint density at radius 1 is 1.47 bits per heavy atom. The summed E-state index contributed by atoms with van der Waals surface area (Å²) in [6.07, 6.45) is 1.49. The lowest BCUT2D eigenvalue weighted by atomic mass is 10.3. The van der Waals surface area contributed by atoms with Gasteiger partial charge in [0.05, 0.1) is 6.42 Å². The van der Waals surface area contributed by atoms with Gasteiger partial charge in [-0.3, -0.25) is 4.79 Å². The second kappa shape index (κ2) is 9.89. The van der Waals surface area contributed by atoms with Crippen LogP contribution in [0.15, 0.2) is 0 Å².